The first-order valence-electron chi connectivity index (χ1n) is 9.31. The third-order valence-corrected chi connectivity index (χ3v) is 6.49. The van der Waals surface area contributed by atoms with Crippen molar-refractivity contribution in [3.8, 4) is 0 Å². The van der Waals surface area contributed by atoms with Crippen molar-refractivity contribution in [2.24, 2.45) is 0 Å². The third-order valence-electron chi connectivity index (χ3n) is 5.33. The number of rotatable bonds is 4. The molecule has 1 amide bonds. The van der Waals surface area contributed by atoms with Crippen molar-refractivity contribution in [1.29, 1.82) is 0 Å². The molecular formula is C19H21N5OS. The summed E-state index contributed by atoms with van der Waals surface area (Å²) in [5.74, 6) is 0.713. The summed E-state index contributed by atoms with van der Waals surface area (Å²) in [6.07, 6.45) is 6.40. The monoisotopic (exact) mass is 367 g/mol. The SMILES string of the molecule is CCc1nc2ccc(C(=O)N3CCC(n4cc(C5CC5)nn4)C3)cc2s1. The molecule has 0 bridgehead atoms. The van der Waals surface area contributed by atoms with Crippen LogP contribution in [0.15, 0.2) is 24.4 Å². The van der Waals surface area contributed by atoms with Crippen LogP contribution in [0.3, 0.4) is 0 Å². The van der Waals surface area contributed by atoms with E-state index in [0.29, 0.717) is 12.5 Å². The van der Waals surface area contributed by atoms with E-state index >= 15 is 0 Å². The molecule has 3 heterocycles. The summed E-state index contributed by atoms with van der Waals surface area (Å²) < 4.78 is 3.05. The minimum Gasteiger partial charge on any atom is -0.336 e. The lowest BCUT2D eigenvalue weighted by atomic mass is 10.2. The van der Waals surface area contributed by atoms with Gasteiger partial charge in [-0.15, -0.1) is 16.4 Å². The van der Waals surface area contributed by atoms with E-state index in [0.717, 1.165) is 45.9 Å². The van der Waals surface area contributed by atoms with Crippen LogP contribution in [0.2, 0.25) is 0 Å². The molecule has 1 saturated heterocycles. The van der Waals surface area contributed by atoms with Gasteiger partial charge < -0.3 is 4.90 Å². The highest BCUT2D eigenvalue weighted by atomic mass is 32.1. The summed E-state index contributed by atoms with van der Waals surface area (Å²) in [6, 6.07) is 6.09. The van der Waals surface area contributed by atoms with Gasteiger partial charge in [-0.3, -0.25) is 4.79 Å². The van der Waals surface area contributed by atoms with E-state index in [4.69, 9.17) is 0 Å². The zero-order valence-corrected chi connectivity index (χ0v) is 15.6. The molecule has 0 N–H and O–H groups in total. The molecule has 6 nitrogen and oxygen atoms in total. The van der Waals surface area contributed by atoms with Crippen LogP contribution in [0, 0.1) is 0 Å². The van der Waals surface area contributed by atoms with Crippen LogP contribution in [-0.2, 0) is 6.42 Å². The predicted molar refractivity (Wildman–Crippen MR) is 101 cm³/mol. The molecule has 134 valence electrons. The molecule has 26 heavy (non-hydrogen) atoms. The quantitative estimate of drug-likeness (QED) is 0.709. The number of carbonyl (C=O) groups is 1. The highest BCUT2D eigenvalue weighted by Crippen LogP contribution is 2.39. The number of benzene rings is 1. The second kappa shape index (κ2) is 6.16. The van der Waals surface area contributed by atoms with Gasteiger partial charge in [0.1, 0.15) is 0 Å². The number of amides is 1. The van der Waals surface area contributed by atoms with Gasteiger partial charge in [0, 0.05) is 30.8 Å². The number of thiazole rings is 1. The molecule has 5 rings (SSSR count). The first-order chi connectivity index (χ1) is 12.7. The van der Waals surface area contributed by atoms with Gasteiger partial charge in [0.2, 0.25) is 0 Å². The largest absolute Gasteiger partial charge is 0.336 e. The van der Waals surface area contributed by atoms with E-state index in [1.54, 1.807) is 11.3 Å². The maximum absolute atomic E-state index is 12.9. The minimum absolute atomic E-state index is 0.100. The first-order valence-corrected chi connectivity index (χ1v) is 10.1. The van der Waals surface area contributed by atoms with Crippen molar-refractivity contribution in [2.75, 3.05) is 13.1 Å². The smallest absolute Gasteiger partial charge is 0.253 e. The van der Waals surface area contributed by atoms with Crippen LogP contribution in [0.5, 0.6) is 0 Å². The van der Waals surface area contributed by atoms with Crippen LogP contribution in [0.1, 0.15) is 59.2 Å². The maximum Gasteiger partial charge on any atom is 0.253 e. The molecule has 1 aromatic carbocycles. The lowest BCUT2D eigenvalue weighted by molar-refractivity contribution is 0.0787. The fraction of sp³-hybridized carbons (Fsp3) is 0.474. The lowest BCUT2D eigenvalue weighted by Gasteiger charge is -2.16. The Balaban J connectivity index is 1.32. The second-order valence-electron chi connectivity index (χ2n) is 7.24. The normalized spacial score (nSPS) is 20.2. The number of likely N-dealkylation sites (tertiary alicyclic amines) is 1. The van der Waals surface area contributed by atoms with Gasteiger partial charge in [0.05, 0.1) is 27.0 Å². The van der Waals surface area contributed by atoms with Crippen LogP contribution >= 0.6 is 11.3 Å². The molecule has 3 aromatic rings. The molecule has 1 aliphatic carbocycles. The fourth-order valence-corrected chi connectivity index (χ4v) is 4.56. The van der Waals surface area contributed by atoms with Gasteiger partial charge in [-0.2, -0.15) is 0 Å². The Hall–Kier alpha value is -2.28. The summed E-state index contributed by atoms with van der Waals surface area (Å²) in [5, 5.41) is 9.71. The molecule has 0 radical (unpaired) electrons. The lowest BCUT2D eigenvalue weighted by Crippen LogP contribution is -2.29. The van der Waals surface area contributed by atoms with E-state index < -0.39 is 0 Å². The van der Waals surface area contributed by atoms with Gasteiger partial charge in [0.25, 0.3) is 5.91 Å². The summed E-state index contributed by atoms with van der Waals surface area (Å²) in [4.78, 5) is 19.4. The summed E-state index contributed by atoms with van der Waals surface area (Å²) in [7, 11) is 0. The Morgan fingerprint density at radius 2 is 2.19 bits per heavy atom. The van der Waals surface area contributed by atoms with Gasteiger partial charge in [-0.25, -0.2) is 9.67 Å². The molecular weight excluding hydrogens is 346 g/mol. The number of hydrogen-bond acceptors (Lipinski definition) is 5. The van der Waals surface area contributed by atoms with Crippen molar-refractivity contribution >= 4 is 27.5 Å². The summed E-state index contributed by atoms with van der Waals surface area (Å²) in [6.45, 7) is 3.57. The third kappa shape index (κ3) is 2.80. The van der Waals surface area contributed by atoms with Crippen molar-refractivity contribution < 1.29 is 4.79 Å². The average Bonchev–Trinajstić information content (AvgIpc) is 3.09. The molecule has 2 fully saturated rings. The highest BCUT2D eigenvalue weighted by Gasteiger charge is 2.31. The second-order valence-corrected chi connectivity index (χ2v) is 8.35. The van der Waals surface area contributed by atoms with Crippen molar-refractivity contribution in [1.82, 2.24) is 24.9 Å². The van der Waals surface area contributed by atoms with Crippen LogP contribution < -0.4 is 0 Å². The molecule has 1 unspecified atom stereocenters. The number of aryl methyl sites for hydroxylation is 1. The van der Waals surface area contributed by atoms with Crippen molar-refractivity contribution in [2.45, 2.75) is 44.6 Å². The summed E-state index contributed by atoms with van der Waals surface area (Å²) in [5.41, 5.74) is 2.84. The fourth-order valence-electron chi connectivity index (χ4n) is 3.62. The Bertz CT molecular complexity index is 973. The highest BCUT2D eigenvalue weighted by molar-refractivity contribution is 7.18. The van der Waals surface area contributed by atoms with Crippen LogP contribution in [-0.4, -0.2) is 43.9 Å². The predicted octanol–water partition coefficient (Wildman–Crippen LogP) is 3.41. The van der Waals surface area contributed by atoms with Crippen LogP contribution in [0.25, 0.3) is 10.2 Å². The number of fused-ring (bicyclic) bond motifs is 1. The van der Waals surface area contributed by atoms with Gasteiger partial charge in [-0.1, -0.05) is 12.1 Å². The minimum atomic E-state index is 0.100. The average molecular weight is 367 g/mol. The zero-order valence-electron chi connectivity index (χ0n) is 14.8. The Labute approximate surface area is 155 Å². The Kier molecular flexibility index (Phi) is 3.77. The Morgan fingerprint density at radius 1 is 1.31 bits per heavy atom. The Morgan fingerprint density at radius 3 is 3.00 bits per heavy atom. The summed E-state index contributed by atoms with van der Waals surface area (Å²) >= 11 is 1.68. The number of hydrogen-bond donors (Lipinski definition) is 0. The zero-order chi connectivity index (χ0) is 17.7. The number of nitrogens with zero attached hydrogens (tertiary/aromatic N) is 5. The molecule has 7 heteroatoms. The molecule has 1 saturated carbocycles. The molecule has 2 aromatic heterocycles. The van der Waals surface area contributed by atoms with Gasteiger partial charge in [-0.05, 0) is 43.9 Å². The molecule has 1 atom stereocenters. The number of aromatic nitrogens is 4. The molecule has 2 aliphatic rings. The van der Waals surface area contributed by atoms with E-state index in [9.17, 15) is 4.79 Å². The standard InChI is InChI=1S/C19H21N5OS/c1-2-18-20-15-6-5-13(9-17(15)26-18)19(25)23-8-7-14(10-23)24-11-16(21-22-24)12-3-4-12/h5-6,9,11-12,14H,2-4,7-8,10H2,1H3. The van der Waals surface area contributed by atoms with E-state index in [1.807, 2.05) is 27.8 Å². The topological polar surface area (TPSA) is 63.9 Å². The van der Waals surface area contributed by atoms with Gasteiger partial charge in [0.15, 0.2) is 0 Å². The number of carbonyl (C=O) groups excluding carboxylic acids is 1. The first kappa shape index (κ1) is 15.9. The van der Waals surface area contributed by atoms with E-state index in [2.05, 4.69) is 28.4 Å². The van der Waals surface area contributed by atoms with Crippen molar-refractivity contribution in [3.05, 3.63) is 40.7 Å². The molecule has 0 spiro atoms. The maximum atomic E-state index is 12.9. The van der Waals surface area contributed by atoms with E-state index in [1.165, 1.54) is 12.8 Å². The van der Waals surface area contributed by atoms with Crippen molar-refractivity contribution in [3.63, 3.8) is 0 Å². The van der Waals surface area contributed by atoms with E-state index in [-0.39, 0.29) is 11.9 Å². The van der Waals surface area contributed by atoms with Gasteiger partial charge >= 0.3 is 0 Å². The van der Waals surface area contributed by atoms with Crippen LogP contribution in [0.4, 0.5) is 0 Å². The molecule has 1 aliphatic heterocycles.